The number of carbonyl (C=O) groups is 12. The van der Waals surface area contributed by atoms with Gasteiger partial charge in [-0.1, -0.05) is 109 Å². The zero-order chi connectivity index (χ0) is 68.3. The SMILES string of the molecule is C/C=C/C[C@@H](C)C(OC(C)=O)[C@H]1C(=O)N[C@@H](CC)C(=O)N(C)CC(=O)N(C)[C@@H](CC(C)C)C(=O)N[C@@H](C(C)C)C(=O)N(C)[C@@H](CC(C)C)C(=O)N[C@@H](C)C(=O)N[C@H](C)C(=O)N(C)[C@@H](CC(C)C)C(=O)N(C)[C@@H](CC(C)C)C(=O)N(C)[C@@H](C(C)C)C(=O)N1C. The van der Waals surface area contributed by atoms with Crippen LogP contribution in [0.15, 0.2) is 12.2 Å². The number of likely N-dealkylation sites (N-methyl/N-ethyl adjacent to an activating group) is 7. The van der Waals surface area contributed by atoms with Crippen molar-refractivity contribution in [3.05, 3.63) is 12.2 Å². The number of rotatable bonds is 16. The minimum absolute atomic E-state index is 0.00279. The Morgan fingerprint density at radius 2 is 0.909 bits per heavy atom. The van der Waals surface area contributed by atoms with Crippen LogP contribution in [0, 0.1) is 41.4 Å². The maximum Gasteiger partial charge on any atom is 0.303 e. The Kier molecular flexibility index (Phi) is 32.6. The average molecular weight is 1240 g/mol. The largest absolute Gasteiger partial charge is 0.459 e. The Labute approximate surface area is 526 Å². The highest BCUT2D eigenvalue weighted by Gasteiger charge is 2.47. The molecule has 1 aliphatic heterocycles. The van der Waals surface area contributed by atoms with Crippen molar-refractivity contribution in [2.75, 3.05) is 55.9 Å². The van der Waals surface area contributed by atoms with Gasteiger partial charge in [0.1, 0.15) is 66.5 Å². The van der Waals surface area contributed by atoms with E-state index in [1.807, 2.05) is 61.5 Å². The number of amides is 11. The first kappa shape index (κ1) is 79.4. The zero-order valence-electron chi connectivity index (χ0n) is 57.9. The lowest BCUT2D eigenvalue weighted by atomic mass is 9.91. The zero-order valence-corrected chi connectivity index (χ0v) is 57.9. The number of allylic oxidation sites excluding steroid dienone is 2. The number of nitrogens with one attached hydrogen (secondary N) is 4. The highest BCUT2D eigenvalue weighted by Crippen LogP contribution is 2.27. The van der Waals surface area contributed by atoms with Crippen molar-refractivity contribution in [2.45, 2.75) is 230 Å². The lowest BCUT2D eigenvalue weighted by Gasteiger charge is -2.42. The van der Waals surface area contributed by atoms with Crippen molar-refractivity contribution in [1.29, 1.82) is 0 Å². The topological polar surface area (TPSA) is 285 Å². The Balaban J connectivity index is 4.43. The van der Waals surface area contributed by atoms with E-state index in [0.29, 0.717) is 6.42 Å². The van der Waals surface area contributed by atoms with Crippen LogP contribution in [0.5, 0.6) is 0 Å². The third-order valence-corrected chi connectivity index (χ3v) is 16.3. The quantitative estimate of drug-likeness (QED) is 0.126. The third-order valence-electron chi connectivity index (χ3n) is 16.3. The van der Waals surface area contributed by atoms with E-state index >= 15 is 19.2 Å². The molecule has 1 aliphatic rings. The van der Waals surface area contributed by atoms with E-state index in [1.165, 1.54) is 94.6 Å². The average Bonchev–Trinajstić information content (AvgIpc) is 2.69. The lowest BCUT2D eigenvalue weighted by Crippen LogP contribution is -2.64. The molecule has 0 aliphatic carbocycles. The smallest absolute Gasteiger partial charge is 0.303 e. The third kappa shape index (κ3) is 22.5. The van der Waals surface area contributed by atoms with Crippen LogP contribution in [-0.2, 0) is 62.3 Å². The van der Waals surface area contributed by atoms with Crippen LogP contribution in [0.2, 0.25) is 0 Å². The first-order valence-corrected chi connectivity index (χ1v) is 31.4. The maximum atomic E-state index is 15.4. The number of hydrogen-bond acceptors (Lipinski definition) is 13. The van der Waals surface area contributed by atoms with Gasteiger partial charge in [0.2, 0.25) is 65.0 Å². The Bertz CT molecular complexity index is 2450. The van der Waals surface area contributed by atoms with Gasteiger partial charge in [0.15, 0.2) is 0 Å². The van der Waals surface area contributed by atoms with Crippen LogP contribution >= 0.6 is 0 Å². The van der Waals surface area contributed by atoms with E-state index in [2.05, 4.69) is 21.3 Å². The number of carbonyl (C=O) groups excluding carboxylic acids is 12. The number of ether oxygens (including phenoxy) is 1. The van der Waals surface area contributed by atoms with Crippen LogP contribution in [0.1, 0.15) is 163 Å². The molecule has 502 valence electrons. The molecule has 0 aromatic heterocycles. The molecule has 0 aromatic carbocycles. The molecule has 1 saturated heterocycles. The van der Waals surface area contributed by atoms with E-state index in [1.54, 1.807) is 54.5 Å². The fourth-order valence-electron chi connectivity index (χ4n) is 11.0. The number of nitrogens with zero attached hydrogens (tertiary/aromatic N) is 7. The predicted octanol–water partition coefficient (Wildman–Crippen LogP) is 3.84. The molecule has 0 spiro atoms. The summed E-state index contributed by atoms with van der Waals surface area (Å²) in [6, 6.07) is -12.5. The molecule has 0 aromatic rings. The van der Waals surface area contributed by atoms with E-state index in [0.717, 1.165) is 9.80 Å². The van der Waals surface area contributed by atoms with Crippen LogP contribution in [0.25, 0.3) is 0 Å². The van der Waals surface area contributed by atoms with Crippen molar-refractivity contribution in [3.63, 3.8) is 0 Å². The van der Waals surface area contributed by atoms with E-state index in [4.69, 9.17) is 4.74 Å². The Hall–Kier alpha value is -6.62. The normalized spacial score (nSPS) is 26.3. The van der Waals surface area contributed by atoms with Crippen LogP contribution < -0.4 is 21.3 Å². The summed E-state index contributed by atoms with van der Waals surface area (Å²) in [5.41, 5.74) is 0. The lowest BCUT2D eigenvalue weighted by molar-refractivity contribution is -0.164. The van der Waals surface area contributed by atoms with Crippen molar-refractivity contribution < 1.29 is 62.3 Å². The highest BCUT2D eigenvalue weighted by atomic mass is 16.5. The molecule has 12 atom stereocenters. The van der Waals surface area contributed by atoms with Crippen molar-refractivity contribution in [2.24, 2.45) is 41.4 Å². The molecule has 0 saturated carbocycles. The van der Waals surface area contributed by atoms with E-state index in [9.17, 15) is 38.4 Å². The van der Waals surface area contributed by atoms with E-state index in [-0.39, 0.29) is 55.8 Å². The molecule has 1 heterocycles. The number of esters is 1. The minimum Gasteiger partial charge on any atom is -0.459 e. The number of hydrogen-bond donors (Lipinski definition) is 4. The van der Waals surface area contributed by atoms with Crippen molar-refractivity contribution in [1.82, 2.24) is 55.6 Å². The van der Waals surface area contributed by atoms with Gasteiger partial charge in [-0.05, 0) is 101 Å². The van der Waals surface area contributed by atoms with Gasteiger partial charge < -0.3 is 60.3 Å². The first-order chi connectivity index (χ1) is 40.6. The summed E-state index contributed by atoms with van der Waals surface area (Å²) in [5.74, 6) is -10.7. The first-order valence-electron chi connectivity index (χ1n) is 31.4. The summed E-state index contributed by atoms with van der Waals surface area (Å²) in [6.45, 7) is 30.4. The summed E-state index contributed by atoms with van der Waals surface area (Å²) in [4.78, 5) is 183. The highest BCUT2D eigenvalue weighted by molar-refractivity contribution is 5.99. The molecule has 0 radical (unpaired) electrons. The molecule has 1 rings (SSSR count). The molecule has 1 fully saturated rings. The Morgan fingerprint density at radius 1 is 0.489 bits per heavy atom. The summed E-state index contributed by atoms with van der Waals surface area (Å²) in [5, 5.41) is 11.0. The van der Waals surface area contributed by atoms with Gasteiger partial charge in [0.25, 0.3) is 0 Å². The monoisotopic (exact) mass is 1240 g/mol. The van der Waals surface area contributed by atoms with Gasteiger partial charge in [-0.2, -0.15) is 0 Å². The molecule has 24 heteroatoms. The van der Waals surface area contributed by atoms with Gasteiger partial charge >= 0.3 is 5.97 Å². The predicted molar refractivity (Wildman–Crippen MR) is 338 cm³/mol. The molecular weight excluding hydrogens is 1130 g/mol. The van der Waals surface area contributed by atoms with Crippen molar-refractivity contribution in [3.8, 4) is 0 Å². The second kappa shape index (κ2) is 36.1. The summed E-state index contributed by atoms with van der Waals surface area (Å²) < 4.78 is 5.93. The maximum absolute atomic E-state index is 15.4. The van der Waals surface area contributed by atoms with Crippen LogP contribution in [0.4, 0.5) is 0 Å². The molecule has 24 nitrogen and oxygen atoms in total. The Morgan fingerprint density at radius 3 is 1.35 bits per heavy atom. The van der Waals surface area contributed by atoms with Crippen LogP contribution in [-0.4, -0.2) is 228 Å². The molecule has 4 N–H and O–H groups in total. The summed E-state index contributed by atoms with van der Waals surface area (Å²) in [7, 11) is 9.89. The summed E-state index contributed by atoms with van der Waals surface area (Å²) in [6.07, 6.45) is 3.15. The van der Waals surface area contributed by atoms with Gasteiger partial charge in [-0.3, -0.25) is 57.5 Å². The second-order valence-corrected chi connectivity index (χ2v) is 26.7. The molecular formula is C64H113N11O13. The summed E-state index contributed by atoms with van der Waals surface area (Å²) >= 11 is 0. The molecule has 0 bridgehead atoms. The second-order valence-electron chi connectivity index (χ2n) is 26.7. The van der Waals surface area contributed by atoms with Gasteiger partial charge in [0.05, 0.1) is 6.54 Å². The molecule has 1 unspecified atom stereocenters. The van der Waals surface area contributed by atoms with Gasteiger partial charge in [-0.15, -0.1) is 0 Å². The minimum atomic E-state index is -1.61. The van der Waals surface area contributed by atoms with E-state index < -0.39 is 162 Å². The fourth-order valence-corrected chi connectivity index (χ4v) is 11.0. The standard InChI is InChI=1S/C64H113N11O13/c1-26-28-29-41(15)54(88-44(18)76)53-58(81)67-45(27-2)60(83)69(19)34-50(77)70(20)46(30-35(3)4)57(80)68-51(39(11)12)63(86)71(21)47(31-36(5)6)56(79)65-42(16)55(78)66-43(17)59(82)72(22)48(32-37(7)8)61(84)73(23)49(33-38(9)10)62(85)74(24)52(40(13)14)64(87)75(53)25/h26,28,35-43,45-49,51-54H,27,29-34H2,1-25H3,(H,65,79)(H,66,78)(H,67,81)(H,68,80)/b28-26+/t41-,42+,43-,45+,46+,47+,48+,49+,51+,52+,53+,54?/m1/s1. The van der Waals surface area contributed by atoms with Crippen molar-refractivity contribution >= 4 is 70.9 Å². The molecule has 11 amide bonds. The molecule has 88 heavy (non-hydrogen) atoms. The van der Waals surface area contributed by atoms with Crippen LogP contribution in [0.3, 0.4) is 0 Å². The fraction of sp³-hybridized carbons (Fsp3) is 0.781. The van der Waals surface area contributed by atoms with Gasteiger partial charge in [0, 0.05) is 56.3 Å². The van der Waals surface area contributed by atoms with Gasteiger partial charge in [-0.25, -0.2) is 0 Å².